The maximum absolute atomic E-state index is 11.6. The van der Waals surface area contributed by atoms with Crippen LogP contribution in [0, 0.1) is 6.92 Å². The van der Waals surface area contributed by atoms with E-state index in [2.05, 4.69) is 4.98 Å². The largest absolute Gasteiger partial charge is 0.506 e. The Morgan fingerprint density at radius 1 is 1.38 bits per heavy atom. The molecular weight excluding hydrogens is 210 g/mol. The third-order valence-corrected chi connectivity index (χ3v) is 2.26. The van der Waals surface area contributed by atoms with Crippen LogP contribution in [0.15, 0.2) is 0 Å². The van der Waals surface area contributed by atoms with Crippen LogP contribution in [-0.2, 0) is 11.2 Å². The standard InChI is InChI=1S/C11H15NO4/c1-4-7-9(13)8(11(15)16-5-2)6(3)12-10(7)14/h4-5H2,1-3H3,(H2,12,13,14). The number of aromatic nitrogens is 1. The van der Waals surface area contributed by atoms with E-state index >= 15 is 0 Å². The van der Waals surface area contributed by atoms with Gasteiger partial charge in [0.1, 0.15) is 11.3 Å². The maximum Gasteiger partial charge on any atom is 0.343 e. The molecule has 0 aromatic carbocycles. The van der Waals surface area contributed by atoms with Crippen molar-refractivity contribution in [2.24, 2.45) is 0 Å². The Morgan fingerprint density at radius 2 is 2.00 bits per heavy atom. The van der Waals surface area contributed by atoms with E-state index in [0.29, 0.717) is 6.42 Å². The summed E-state index contributed by atoms with van der Waals surface area (Å²) < 4.78 is 4.81. The van der Waals surface area contributed by atoms with Gasteiger partial charge in [0.25, 0.3) is 0 Å². The van der Waals surface area contributed by atoms with E-state index in [-0.39, 0.29) is 35.1 Å². The zero-order valence-electron chi connectivity index (χ0n) is 9.57. The molecule has 0 saturated carbocycles. The molecule has 2 N–H and O–H groups in total. The Kier molecular flexibility index (Phi) is 3.71. The molecule has 16 heavy (non-hydrogen) atoms. The van der Waals surface area contributed by atoms with Crippen LogP contribution < -0.4 is 0 Å². The van der Waals surface area contributed by atoms with Gasteiger partial charge in [0.15, 0.2) is 0 Å². The van der Waals surface area contributed by atoms with E-state index in [1.807, 2.05) is 0 Å². The van der Waals surface area contributed by atoms with Crippen LogP contribution in [-0.4, -0.2) is 27.8 Å². The van der Waals surface area contributed by atoms with Gasteiger partial charge in [-0.3, -0.25) is 0 Å². The Hall–Kier alpha value is -1.78. The molecule has 0 saturated heterocycles. The van der Waals surface area contributed by atoms with Crippen molar-refractivity contribution in [1.29, 1.82) is 0 Å². The Morgan fingerprint density at radius 3 is 2.50 bits per heavy atom. The average Bonchev–Trinajstić information content (AvgIpc) is 2.17. The SMILES string of the molecule is CCOC(=O)c1c(C)nc(O)c(CC)c1O. The van der Waals surface area contributed by atoms with E-state index in [1.54, 1.807) is 13.8 Å². The second-order valence-electron chi connectivity index (χ2n) is 3.30. The number of pyridine rings is 1. The van der Waals surface area contributed by atoms with Crippen LogP contribution in [0.3, 0.4) is 0 Å². The first-order valence-electron chi connectivity index (χ1n) is 5.11. The highest BCUT2D eigenvalue weighted by molar-refractivity contribution is 5.94. The van der Waals surface area contributed by atoms with Crippen molar-refractivity contribution in [2.75, 3.05) is 6.61 Å². The van der Waals surface area contributed by atoms with Gasteiger partial charge in [0.2, 0.25) is 5.88 Å². The highest BCUT2D eigenvalue weighted by Crippen LogP contribution is 2.31. The van der Waals surface area contributed by atoms with Gasteiger partial charge in [-0.25, -0.2) is 9.78 Å². The van der Waals surface area contributed by atoms with Gasteiger partial charge in [-0.1, -0.05) is 6.92 Å². The van der Waals surface area contributed by atoms with Crippen molar-refractivity contribution in [1.82, 2.24) is 4.98 Å². The number of aromatic hydroxyl groups is 2. The average molecular weight is 225 g/mol. The molecule has 0 fully saturated rings. The van der Waals surface area contributed by atoms with Crippen molar-refractivity contribution in [3.63, 3.8) is 0 Å². The molecule has 0 bridgehead atoms. The second kappa shape index (κ2) is 4.83. The first-order chi connectivity index (χ1) is 7.52. The first kappa shape index (κ1) is 12.3. The van der Waals surface area contributed by atoms with Crippen LogP contribution in [0.2, 0.25) is 0 Å². The third-order valence-electron chi connectivity index (χ3n) is 2.26. The molecule has 0 aliphatic rings. The van der Waals surface area contributed by atoms with Crippen molar-refractivity contribution in [3.05, 3.63) is 16.8 Å². The quantitative estimate of drug-likeness (QED) is 0.763. The monoisotopic (exact) mass is 225 g/mol. The predicted octanol–water partition coefficient (Wildman–Crippen LogP) is 1.54. The van der Waals surface area contributed by atoms with E-state index in [4.69, 9.17) is 4.74 Å². The van der Waals surface area contributed by atoms with E-state index < -0.39 is 5.97 Å². The van der Waals surface area contributed by atoms with Gasteiger partial charge in [0.05, 0.1) is 17.9 Å². The topological polar surface area (TPSA) is 79.7 Å². The molecular formula is C11H15NO4. The van der Waals surface area contributed by atoms with E-state index in [0.717, 1.165) is 0 Å². The number of esters is 1. The maximum atomic E-state index is 11.6. The molecule has 0 aliphatic carbocycles. The molecule has 88 valence electrons. The second-order valence-corrected chi connectivity index (χ2v) is 3.30. The van der Waals surface area contributed by atoms with E-state index in [9.17, 15) is 15.0 Å². The minimum absolute atomic E-state index is 0.0245. The lowest BCUT2D eigenvalue weighted by Crippen LogP contribution is -2.09. The fourth-order valence-electron chi connectivity index (χ4n) is 1.48. The highest BCUT2D eigenvalue weighted by Gasteiger charge is 2.22. The summed E-state index contributed by atoms with van der Waals surface area (Å²) in [5.74, 6) is -1.11. The lowest BCUT2D eigenvalue weighted by Gasteiger charge is -2.11. The molecule has 1 aromatic rings. The number of aryl methyl sites for hydroxylation is 1. The summed E-state index contributed by atoms with van der Waals surface area (Å²) >= 11 is 0. The summed E-state index contributed by atoms with van der Waals surface area (Å²) in [6.45, 7) is 5.19. The Balaban J connectivity index is 3.33. The molecule has 0 aliphatic heterocycles. The van der Waals surface area contributed by atoms with E-state index in [1.165, 1.54) is 6.92 Å². The molecule has 0 unspecified atom stereocenters. The lowest BCUT2D eigenvalue weighted by molar-refractivity contribution is 0.0521. The summed E-state index contributed by atoms with van der Waals surface area (Å²) in [5.41, 5.74) is 0.538. The minimum atomic E-state index is -0.625. The number of rotatable bonds is 3. The fourth-order valence-corrected chi connectivity index (χ4v) is 1.48. The van der Waals surface area contributed by atoms with Gasteiger partial charge < -0.3 is 14.9 Å². The molecule has 0 spiro atoms. The van der Waals surface area contributed by atoms with Crippen LogP contribution in [0.25, 0.3) is 0 Å². The van der Waals surface area contributed by atoms with Crippen LogP contribution in [0.4, 0.5) is 0 Å². The van der Waals surface area contributed by atoms with Gasteiger partial charge in [0, 0.05) is 0 Å². The predicted molar refractivity (Wildman–Crippen MR) is 57.6 cm³/mol. The molecule has 1 rings (SSSR count). The molecule has 0 amide bonds. The van der Waals surface area contributed by atoms with Gasteiger partial charge in [-0.2, -0.15) is 0 Å². The number of carbonyl (C=O) groups is 1. The zero-order chi connectivity index (χ0) is 12.3. The van der Waals surface area contributed by atoms with Gasteiger partial charge in [-0.15, -0.1) is 0 Å². The first-order valence-corrected chi connectivity index (χ1v) is 5.11. The third kappa shape index (κ3) is 2.08. The number of hydrogen-bond donors (Lipinski definition) is 2. The van der Waals surface area contributed by atoms with Crippen molar-refractivity contribution in [3.8, 4) is 11.6 Å². The molecule has 0 radical (unpaired) electrons. The van der Waals surface area contributed by atoms with Crippen molar-refractivity contribution >= 4 is 5.97 Å². The van der Waals surface area contributed by atoms with Gasteiger partial charge in [-0.05, 0) is 20.3 Å². The molecule has 1 heterocycles. The number of nitrogens with zero attached hydrogens (tertiary/aromatic N) is 1. The Labute approximate surface area is 93.7 Å². The molecule has 0 atom stereocenters. The van der Waals surface area contributed by atoms with Gasteiger partial charge >= 0.3 is 5.97 Å². The molecule has 1 aromatic heterocycles. The summed E-state index contributed by atoms with van der Waals surface area (Å²) in [6, 6.07) is 0. The summed E-state index contributed by atoms with van der Waals surface area (Å²) in [5, 5.41) is 19.3. The smallest absolute Gasteiger partial charge is 0.343 e. The number of carbonyl (C=O) groups excluding carboxylic acids is 1. The zero-order valence-corrected chi connectivity index (χ0v) is 9.57. The fraction of sp³-hybridized carbons (Fsp3) is 0.455. The minimum Gasteiger partial charge on any atom is -0.506 e. The highest BCUT2D eigenvalue weighted by atomic mass is 16.5. The van der Waals surface area contributed by atoms with Crippen LogP contribution in [0.1, 0.15) is 35.5 Å². The molecule has 5 heteroatoms. The number of ether oxygens (including phenoxy) is 1. The molecule has 5 nitrogen and oxygen atoms in total. The summed E-state index contributed by atoms with van der Waals surface area (Å²) in [6.07, 6.45) is 0.386. The summed E-state index contributed by atoms with van der Waals surface area (Å²) in [7, 11) is 0. The normalized spacial score (nSPS) is 10.2. The summed E-state index contributed by atoms with van der Waals surface area (Å²) in [4.78, 5) is 15.4. The van der Waals surface area contributed by atoms with Crippen LogP contribution >= 0.6 is 0 Å². The Bertz CT molecular complexity index is 415. The van der Waals surface area contributed by atoms with Crippen molar-refractivity contribution < 1.29 is 19.7 Å². The lowest BCUT2D eigenvalue weighted by atomic mass is 10.1. The van der Waals surface area contributed by atoms with Crippen molar-refractivity contribution in [2.45, 2.75) is 27.2 Å². The number of hydrogen-bond acceptors (Lipinski definition) is 5. The van der Waals surface area contributed by atoms with Crippen LogP contribution in [0.5, 0.6) is 11.6 Å².